The lowest BCUT2D eigenvalue weighted by Crippen LogP contribution is -2.59. The second kappa shape index (κ2) is 8.81. The van der Waals surface area contributed by atoms with Gasteiger partial charge in [-0.15, -0.1) is 0 Å². The van der Waals surface area contributed by atoms with Crippen molar-refractivity contribution >= 4 is 34.0 Å². The molecule has 2 aliphatic rings. The van der Waals surface area contributed by atoms with Crippen LogP contribution < -0.4 is 0 Å². The van der Waals surface area contributed by atoms with Crippen molar-refractivity contribution in [2.24, 2.45) is 5.92 Å². The van der Waals surface area contributed by atoms with Crippen LogP contribution in [0, 0.1) is 5.92 Å². The van der Waals surface area contributed by atoms with Crippen LogP contribution in [0.25, 0.3) is 0 Å². The number of rotatable bonds is 11. The molecule has 0 bridgehead atoms. The molecule has 0 spiro atoms. The lowest BCUT2D eigenvalue weighted by molar-refractivity contribution is 0.161. The minimum absolute atomic E-state index is 0.536. The van der Waals surface area contributed by atoms with Gasteiger partial charge in [0.2, 0.25) is 0 Å². The third-order valence-corrected chi connectivity index (χ3v) is 18.3. The summed E-state index contributed by atoms with van der Waals surface area (Å²) in [5, 5.41) is 0. The molecular formula is C18H42O5Si4. The highest BCUT2D eigenvalue weighted by Crippen LogP contribution is 2.42. The molecule has 1 heterocycles. The zero-order valence-electron chi connectivity index (χ0n) is 19.0. The van der Waals surface area contributed by atoms with E-state index in [-0.39, 0.29) is 0 Å². The first kappa shape index (κ1) is 23.9. The van der Waals surface area contributed by atoms with Crippen LogP contribution in [-0.2, 0) is 21.5 Å². The molecule has 1 aliphatic carbocycles. The first-order valence-corrected chi connectivity index (χ1v) is 22.2. The van der Waals surface area contributed by atoms with E-state index in [0.29, 0.717) is 18.8 Å². The fourth-order valence-electron chi connectivity index (χ4n) is 4.28. The topological polar surface area (TPSA) is 49.5 Å². The molecule has 1 aliphatic heterocycles. The van der Waals surface area contributed by atoms with Gasteiger partial charge in [-0.2, -0.15) is 0 Å². The summed E-state index contributed by atoms with van der Waals surface area (Å²) in [6.45, 7) is 20.3. The Labute approximate surface area is 171 Å². The van der Waals surface area contributed by atoms with Gasteiger partial charge in [0.1, 0.15) is 0 Å². The Balaban J connectivity index is 2.07. The summed E-state index contributed by atoms with van der Waals surface area (Å²) < 4.78 is 31.8. The first-order valence-electron chi connectivity index (χ1n) is 10.6. The van der Waals surface area contributed by atoms with Crippen LogP contribution >= 0.6 is 0 Å². The zero-order chi connectivity index (χ0) is 20.5. The zero-order valence-corrected chi connectivity index (χ0v) is 23.0. The van der Waals surface area contributed by atoms with Crippen molar-refractivity contribution in [1.29, 1.82) is 0 Å². The third-order valence-electron chi connectivity index (χ3n) is 4.94. The summed E-state index contributed by atoms with van der Waals surface area (Å²) >= 11 is 0. The Kier molecular flexibility index (Phi) is 7.81. The van der Waals surface area contributed by atoms with Crippen molar-refractivity contribution in [2.45, 2.75) is 103 Å². The molecule has 1 saturated heterocycles. The second-order valence-electron chi connectivity index (χ2n) is 10.4. The number of fused-ring (bicyclic) bond motifs is 1. The quantitative estimate of drug-likeness (QED) is 0.314. The lowest BCUT2D eigenvalue weighted by atomic mass is 9.88. The molecule has 1 saturated carbocycles. The van der Waals surface area contributed by atoms with E-state index in [2.05, 4.69) is 52.4 Å². The van der Waals surface area contributed by atoms with Gasteiger partial charge in [0, 0.05) is 13.2 Å². The highest BCUT2D eigenvalue weighted by molar-refractivity contribution is 6.88. The largest absolute Gasteiger partial charge is 0.478 e. The van der Waals surface area contributed by atoms with E-state index in [4.69, 9.17) is 21.5 Å². The molecule has 5 nitrogen and oxygen atoms in total. The van der Waals surface area contributed by atoms with Crippen molar-refractivity contribution in [3.05, 3.63) is 0 Å². The lowest BCUT2D eigenvalue weighted by Gasteiger charge is -2.42. The van der Waals surface area contributed by atoms with Crippen LogP contribution in [0.4, 0.5) is 0 Å². The molecule has 0 aromatic carbocycles. The molecule has 0 amide bonds. The van der Waals surface area contributed by atoms with E-state index >= 15 is 0 Å². The van der Waals surface area contributed by atoms with Gasteiger partial charge in [0.05, 0.1) is 12.2 Å². The minimum Gasteiger partial charge on any atom is -0.437 e. The van der Waals surface area contributed by atoms with Gasteiger partial charge in [0.15, 0.2) is 16.6 Å². The molecule has 9 heteroatoms. The summed E-state index contributed by atoms with van der Waals surface area (Å²) in [6.07, 6.45) is 6.00. The van der Waals surface area contributed by atoms with Crippen LogP contribution in [0.15, 0.2) is 0 Å². The second-order valence-corrected chi connectivity index (χ2v) is 26.1. The van der Waals surface area contributed by atoms with E-state index < -0.39 is 34.0 Å². The monoisotopic (exact) mass is 450 g/mol. The Morgan fingerprint density at radius 2 is 1.44 bits per heavy atom. The van der Waals surface area contributed by atoms with Crippen LogP contribution in [0.3, 0.4) is 0 Å². The fraction of sp³-hybridized carbons (Fsp3) is 1.00. The van der Waals surface area contributed by atoms with Crippen LogP contribution in [0.5, 0.6) is 0 Å². The van der Waals surface area contributed by atoms with Gasteiger partial charge in [-0.1, -0.05) is 0 Å². The average Bonchev–Trinajstić information content (AvgIpc) is 3.19. The molecule has 160 valence electrons. The number of epoxide rings is 1. The van der Waals surface area contributed by atoms with E-state index in [0.717, 1.165) is 12.0 Å². The Hall–Kier alpha value is 0.668. The Morgan fingerprint density at radius 1 is 0.815 bits per heavy atom. The summed E-state index contributed by atoms with van der Waals surface area (Å²) in [5.41, 5.74) is 0. The van der Waals surface area contributed by atoms with E-state index in [1.165, 1.54) is 25.7 Å². The SMILES string of the molecule is CCO[Si](C)(O[Si](C)(C)C)O[Si](C)(CCC1CCC2OC2C1)O[Si](C)(C)C. The Morgan fingerprint density at radius 3 is 1.96 bits per heavy atom. The fourth-order valence-corrected chi connectivity index (χ4v) is 20.9. The van der Waals surface area contributed by atoms with Gasteiger partial charge >= 0.3 is 17.4 Å². The molecule has 2 rings (SSSR count). The molecule has 0 radical (unpaired) electrons. The number of ether oxygens (including phenoxy) is 1. The standard InChI is InChI=1S/C18H42O5Si4/c1-10-19-27(9,22-25(5,6)7)23-26(8,21-24(2,3)4)14-13-16-11-12-17-18(15-16)20-17/h16-18H,10-15H2,1-9H3. The van der Waals surface area contributed by atoms with Crippen molar-refractivity contribution in [3.8, 4) is 0 Å². The molecule has 0 aromatic rings. The molecule has 5 atom stereocenters. The molecule has 2 fully saturated rings. The Bertz CT molecular complexity index is 495. The normalized spacial score (nSPS) is 30.3. The highest BCUT2D eigenvalue weighted by Gasteiger charge is 2.50. The summed E-state index contributed by atoms with van der Waals surface area (Å²) in [5.74, 6) is 0.743. The van der Waals surface area contributed by atoms with Crippen molar-refractivity contribution < 1.29 is 21.5 Å². The third kappa shape index (κ3) is 8.51. The van der Waals surface area contributed by atoms with E-state index in [1.807, 2.05) is 6.92 Å². The predicted octanol–water partition coefficient (Wildman–Crippen LogP) is 5.34. The maximum absolute atomic E-state index is 6.80. The molecule has 0 N–H and O–H groups in total. The smallest absolute Gasteiger partial charge is 0.437 e. The molecular weight excluding hydrogens is 409 g/mol. The summed E-state index contributed by atoms with van der Waals surface area (Å²) in [4.78, 5) is 0. The summed E-state index contributed by atoms with van der Waals surface area (Å²) in [7, 11) is -8.62. The van der Waals surface area contributed by atoms with Gasteiger partial charge < -0.3 is 21.5 Å². The maximum Gasteiger partial charge on any atom is 0.478 e. The maximum atomic E-state index is 6.80. The van der Waals surface area contributed by atoms with Crippen molar-refractivity contribution in [2.75, 3.05) is 6.61 Å². The van der Waals surface area contributed by atoms with E-state index in [1.54, 1.807) is 0 Å². The first-order chi connectivity index (χ1) is 12.2. The minimum atomic E-state index is -2.72. The summed E-state index contributed by atoms with van der Waals surface area (Å²) in [6, 6.07) is 1.02. The van der Waals surface area contributed by atoms with E-state index in [9.17, 15) is 0 Å². The molecule has 27 heavy (non-hydrogen) atoms. The van der Waals surface area contributed by atoms with Crippen LogP contribution in [0.1, 0.15) is 32.6 Å². The number of hydrogen-bond acceptors (Lipinski definition) is 5. The molecule has 0 aromatic heterocycles. The van der Waals surface area contributed by atoms with Gasteiger partial charge in [-0.25, -0.2) is 0 Å². The van der Waals surface area contributed by atoms with Crippen LogP contribution in [-0.4, -0.2) is 52.8 Å². The predicted molar refractivity (Wildman–Crippen MR) is 120 cm³/mol. The highest BCUT2D eigenvalue weighted by atomic mass is 28.5. The molecule has 5 unspecified atom stereocenters. The number of hydrogen-bond donors (Lipinski definition) is 0. The average molecular weight is 451 g/mol. The van der Waals surface area contributed by atoms with Gasteiger partial charge in [-0.05, 0) is 90.4 Å². The van der Waals surface area contributed by atoms with Gasteiger partial charge in [-0.3, -0.25) is 0 Å². The van der Waals surface area contributed by atoms with Gasteiger partial charge in [0.25, 0.3) is 0 Å². The van der Waals surface area contributed by atoms with Crippen molar-refractivity contribution in [1.82, 2.24) is 0 Å². The van der Waals surface area contributed by atoms with Crippen LogP contribution in [0.2, 0.25) is 58.4 Å². The van der Waals surface area contributed by atoms with Crippen molar-refractivity contribution in [3.63, 3.8) is 0 Å².